The lowest BCUT2D eigenvalue weighted by Gasteiger charge is -2.25. The molecule has 28 rings (SSSR count). The zero-order valence-corrected chi connectivity index (χ0v) is 69.7. The van der Waals surface area contributed by atoms with Crippen LogP contribution in [0.2, 0.25) is 0 Å². The molecule has 12 heteroatoms. The van der Waals surface area contributed by atoms with Crippen LogP contribution in [-0.4, -0.2) is 45.0 Å². The summed E-state index contributed by atoms with van der Waals surface area (Å²) in [7, 11) is 0. The van der Waals surface area contributed by atoms with Crippen LogP contribution in [-0.2, 0) is 0 Å². The molecule has 604 valence electrons. The van der Waals surface area contributed by atoms with Gasteiger partial charge in [-0.1, -0.05) is 291 Å². The van der Waals surface area contributed by atoms with E-state index < -0.39 is 6.17 Å². The molecule has 1 atom stereocenters. The lowest BCUT2D eigenvalue weighted by atomic mass is 9.91. The van der Waals surface area contributed by atoms with Gasteiger partial charge in [0.05, 0.1) is 44.1 Å². The monoisotopic (exact) mass is 1660 g/mol. The summed E-state index contributed by atoms with van der Waals surface area (Å²) in [5.74, 6) is 6.42. The number of aliphatic imine (C=N–C) groups is 2. The van der Waals surface area contributed by atoms with Crippen molar-refractivity contribution in [2.45, 2.75) is 6.17 Å². The lowest BCUT2D eigenvalue weighted by molar-refractivity contribution is 0.487. The van der Waals surface area contributed by atoms with Crippen molar-refractivity contribution < 1.29 is 9.47 Å². The Labute approximate surface area is 743 Å². The number of fused-ring (bicyclic) bond motifs is 20. The Morgan fingerprint density at radius 1 is 0.231 bits per heavy atom. The van der Waals surface area contributed by atoms with Crippen molar-refractivity contribution in [1.82, 2.24) is 38.5 Å². The Kier molecular flexibility index (Phi) is 15.4. The molecular formula is C118H70N10O2. The first-order valence-corrected chi connectivity index (χ1v) is 44.1. The van der Waals surface area contributed by atoms with Crippen LogP contribution in [0, 0.1) is 0 Å². The van der Waals surface area contributed by atoms with Crippen LogP contribution in [0.15, 0.2) is 422 Å². The average Bonchev–Trinajstić information content (AvgIpc) is 1.53. The number of para-hydroxylation sites is 5. The van der Waals surface area contributed by atoms with Crippen LogP contribution in [0.5, 0.6) is 23.0 Å². The molecule has 0 aliphatic carbocycles. The minimum absolute atomic E-state index is 0.508. The molecule has 0 radical (unpaired) electrons. The van der Waals surface area contributed by atoms with E-state index in [1.165, 1.54) is 16.3 Å². The summed E-state index contributed by atoms with van der Waals surface area (Å²) in [5, 5.41) is 21.9. The number of hydrogen-bond acceptors (Lipinski definition) is 8. The van der Waals surface area contributed by atoms with E-state index in [1.807, 2.05) is 24.3 Å². The van der Waals surface area contributed by atoms with Crippen molar-refractivity contribution in [2.75, 3.05) is 0 Å². The fourth-order valence-electron chi connectivity index (χ4n) is 21.1. The van der Waals surface area contributed by atoms with Gasteiger partial charge < -0.3 is 23.9 Å². The quantitative estimate of drug-likeness (QED) is 0.146. The van der Waals surface area contributed by atoms with E-state index in [0.29, 0.717) is 23.6 Å². The van der Waals surface area contributed by atoms with Gasteiger partial charge in [0.1, 0.15) is 35.0 Å². The zero-order valence-electron chi connectivity index (χ0n) is 69.7. The van der Waals surface area contributed by atoms with Gasteiger partial charge in [0.2, 0.25) is 11.9 Å². The van der Waals surface area contributed by atoms with Crippen molar-refractivity contribution in [2.24, 2.45) is 9.98 Å². The summed E-state index contributed by atoms with van der Waals surface area (Å²) in [5.41, 5.74) is 25.3. The summed E-state index contributed by atoms with van der Waals surface area (Å²) in [6, 6.07) is 148. The summed E-state index contributed by atoms with van der Waals surface area (Å²) >= 11 is 0. The smallest absolute Gasteiger partial charge is 0.238 e. The summed E-state index contributed by atoms with van der Waals surface area (Å²) in [6.07, 6.45) is -0.508. The fourth-order valence-corrected chi connectivity index (χ4v) is 21.1. The second kappa shape index (κ2) is 27.9. The van der Waals surface area contributed by atoms with Crippen LogP contribution >= 0.6 is 0 Å². The van der Waals surface area contributed by atoms with E-state index in [1.54, 1.807) is 0 Å². The molecule has 20 aromatic carbocycles. The van der Waals surface area contributed by atoms with Crippen molar-refractivity contribution in [3.63, 3.8) is 0 Å². The molecule has 3 aliphatic rings. The van der Waals surface area contributed by atoms with Crippen LogP contribution < -0.4 is 14.8 Å². The van der Waals surface area contributed by atoms with E-state index in [2.05, 4.69) is 412 Å². The molecule has 0 amide bonds. The van der Waals surface area contributed by atoms with Crippen molar-refractivity contribution in [1.29, 1.82) is 0 Å². The predicted octanol–water partition coefficient (Wildman–Crippen LogP) is 29.7. The maximum atomic E-state index is 7.32. The first kappa shape index (κ1) is 71.8. The van der Waals surface area contributed by atoms with E-state index in [0.717, 1.165) is 232 Å². The highest BCUT2D eigenvalue weighted by molar-refractivity contribution is 6.28. The van der Waals surface area contributed by atoms with E-state index in [-0.39, 0.29) is 0 Å². The molecule has 0 saturated carbocycles. The normalized spacial score (nSPS) is 13.4. The highest BCUT2D eigenvalue weighted by Gasteiger charge is 2.31. The number of amidine groups is 1. The Morgan fingerprint density at radius 2 is 0.677 bits per heavy atom. The molecule has 0 fully saturated rings. The number of rotatable bonds is 10. The fraction of sp³-hybridized carbons (Fsp3) is 0.00847. The molecule has 1 N–H and O–H groups in total. The zero-order chi connectivity index (χ0) is 84.9. The Bertz CT molecular complexity index is 9280. The number of ether oxygens (including phenoxy) is 2. The van der Waals surface area contributed by atoms with E-state index >= 15 is 0 Å². The van der Waals surface area contributed by atoms with Crippen molar-refractivity contribution in [3.05, 3.63) is 424 Å². The van der Waals surface area contributed by atoms with Crippen molar-refractivity contribution in [3.8, 4) is 119 Å². The number of nitrogens with zero attached hydrogens (tertiary/aromatic N) is 9. The molecule has 3 aliphatic heterocycles. The Balaban J connectivity index is 0.529. The number of aromatic nitrogens is 7. The Hall–Kier alpha value is -17.6. The molecule has 12 nitrogen and oxygen atoms in total. The second-order valence-electron chi connectivity index (χ2n) is 34.2. The minimum atomic E-state index is -0.508. The molecule has 0 saturated heterocycles. The third kappa shape index (κ3) is 10.9. The van der Waals surface area contributed by atoms with Crippen LogP contribution in [0.3, 0.4) is 0 Å². The predicted molar refractivity (Wildman–Crippen MR) is 532 cm³/mol. The number of nitrogens with one attached hydrogen (secondary N) is 1. The largest absolute Gasteiger partial charge is 0.456 e. The van der Waals surface area contributed by atoms with Gasteiger partial charge in [-0.2, -0.15) is 15.0 Å². The molecule has 0 spiro atoms. The highest BCUT2D eigenvalue weighted by atomic mass is 16.5. The van der Waals surface area contributed by atoms with Crippen LogP contribution in [0.1, 0.15) is 17.3 Å². The van der Waals surface area contributed by atoms with Gasteiger partial charge in [-0.3, -0.25) is 9.13 Å². The van der Waals surface area contributed by atoms with Gasteiger partial charge in [-0.25, -0.2) is 9.98 Å². The Morgan fingerprint density at radius 3 is 1.32 bits per heavy atom. The number of benzene rings is 20. The molecular weight excluding hydrogens is 1590 g/mol. The topological polar surface area (TPSA) is 114 Å². The SMILES string of the molecule is c1ccc(-c2nc(-c3cccc4ccccc34)nc(-n3c4ccccc4c4cc(-c5ccc6c(c5)c5c7cccc8c7c(cc5n6-c5ccccc5)Oc5cc(-c6ccc(C7N=C(n9c%10ccccc%10c%10cc(-c%11ccc%12c(c%11)c%11c%13cccc%14c%13c(cc%11n%12-c%11ccccc%11)Oc%11ccccc%11-%14)ccc%109)N=C(c9ccc%10ccccc%10c9)N7)cc6)ccc5-8)ccc43)n2)cc1. The first-order chi connectivity index (χ1) is 64.4. The molecule has 130 heavy (non-hydrogen) atoms. The second-order valence-corrected chi connectivity index (χ2v) is 34.2. The maximum absolute atomic E-state index is 7.32. The lowest BCUT2D eigenvalue weighted by Crippen LogP contribution is -2.35. The molecule has 25 aromatic rings. The first-order valence-electron chi connectivity index (χ1n) is 44.1. The highest BCUT2D eigenvalue weighted by Crippen LogP contribution is 2.55. The van der Waals surface area contributed by atoms with E-state index in [4.69, 9.17) is 34.4 Å². The van der Waals surface area contributed by atoms with Gasteiger partial charge in [-0.15, -0.1) is 0 Å². The van der Waals surface area contributed by atoms with Gasteiger partial charge in [0.15, 0.2) is 11.6 Å². The summed E-state index contributed by atoms with van der Waals surface area (Å²) in [6.45, 7) is 0. The third-order valence-corrected chi connectivity index (χ3v) is 27.0. The standard InChI is InChI=1S/C118H70N10O2/c1-4-25-72(26-5-1)113-120-116(90-39-20-28-71-24-12-13-33-83(71)90)124-118(121-113)128-98-43-18-15-35-85(98)94-63-76(53-58-100(94)128)78-55-60-102-96(65-78)110-92-41-22-38-89-87-56-51-79(66-106(87)130-108(112(89)92)68-104(110)126(102)82-31-8-3-9-32-82)70-45-48-73(49-46-70)114-119-115(80-50-47-69-23-10-11-27-74(69)61-80)123-117(122-114)127-97-42-17-14-34-84(97)93-62-75(52-57-99(93)127)77-54-59-101-95(64-77)109-91-40-21-37-88-86-36-16-19-44-105(86)129-107(111(88)91)67-103(109)125(101)81-29-6-2-7-30-81/h1-68,114H,(H,119,122,123). The summed E-state index contributed by atoms with van der Waals surface area (Å²) in [4.78, 5) is 27.0. The number of hydrogen-bond donors (Lipinski definition) is 1. The van der Waals surface area contributed by atoms with Crippen LogP contribution in [0.25, 0.3) is 226 Å². The third-order valence-electron chi connectivity index (χ3n) is 27.0. The molecule has 0 bridgehead atoms. The summed E-state index contributed by atoms with van der Waals surface area (Å²) < 4.78 is 23.4. The minimum Gasteiger partial charge on any atom is -0.456 e. The average molecular weight is 1660 g/mol. The van der Waals surface area contributed by atoms with Gasteiger partial charge in [0, 0.05) is 105 Å². The van der Waals surface area contributed by atoms with Gasteiger partial charge in [-0.05, 0) is 192 Å². The molecule has 5 aromatic heterocycles. The van der Waals surface area contributed by atoms with Gasteiger partial charge >= 0.3 is 0 Å². The van der Waals surface area contributed by atoms with E-state index in [9.17, 15) is 0 Å². The van der Waals surface area contributed by atoms with Crippen molar-refractivity contribution >= 4 is 142 Å². The van der Waals surface area contributed by atoms with Gasteiger partial charge in [0.25, 0.3) is 0 Å². The van der Waals surface area contributed by atoms with Crippen LogP contribution in [0.4, 0.5) is 0 Å². The molecule has 1 unspecified atom stereocenters. The maximum Gasteiger partial charge on any atom is 0.238 e. The molecule has 8 heterocycles.